The fourth-order valence-corrected chi connectivity index (χ4v) is 2.00. The van der Waals surface area contributed by atoms with Gasteiger partial charge >= 0.3 is 11.8 Å². The number of benzene rings is 1. The van der Waals surface area contributed by atoms with E-state index in [2.05, 4.69) is 10.6 Å². The third kappa shape index (κ3) is 5.15. The largest absolute Gasteiger partial charge is 0.393 e. The summed E-state index contributed by atoms with van der Waals surface area (Å²) in [4.78, 5) is 23.1. The van der Waals surface area contributed by atoms with Crippen molar-refractivity contribution in [3.63, 3.8) is 0 Å². The lowest BCUT2D eigenvalue weighted by Gasteiger charge is -2.10. The van der Waals surface area contributed by atoms with E-state index < -0.39 is 17.9 Å². The van der Waals surface area contributed by atoms with E-state index in [0.29, 0.717) is 17.9 Å². The molecule has 0 aromatic heterocycles. The lowest BCUT2D eigenvalue weighted by molar-refractivity contribution is -0.139. The summed E-state index contributed by atoms with van der Waals surface area (Å²) in [6.45, 7) is 0.442. The topological polar surface area (TPSA) is 78.4 Å². The number of rotatable bonds is 6. The SMILES string of the molecule is O=C(NCCC(O)C1CC1)C(=O)NCc1ccc(F)cc1. The fraction of sp³-hybridized carbons (Fsp3) is 0.467. The first-order valence-electron chi connectivity index (χ1n) is 7.05. The molecule has 1 aromatic rings. The van der Waals surface area contributed by atoms with Crippen molar-refractivity contribution in [2.45, 2.75) is 31.9 Å². The zero-order chi connectivity index (χ0) is 15.2. The van der Waals surface area contributed by atoms with Crippen LogP contribution >= 0.6 is 0 Å². The number of aliphatic hydroxyl groups is 1. The molecule has 3 N–H and O–H groups in total. The third-order valence-corrected chi connectivity index (χ3v) is 3.46. The Bertz CT molecular complexity index is 500. The van der Waals surface area contributed by atoms with Gasteiger partial charge in [-0.1, -0.05) is 12.1 Å². The Morgan fingerprint density at radius 2 is 1.81 bits per heavy atom. The molecule has 0 aliphatic heterocycles. The predicted molar refractivity (Wildman–Crippen MR) is 74.6 cm³/mol. The van der Waals surface area contributed by atoms with Crippen LogP contribution in [0.2, 0.25) is 0 Å². The van der Waals surface area contributed by atoms with Crippen molar-refractivity contribution >= 4 is 11.8 Å². The van der Waals surface area contributed by atoms with Crippen molar-refractivity contribution in [2.24, 2.45) is 5.92 Å². The fourth-order valence-electron chi connectivity index (χ4n) is 2.00. The average molecular weight is 294 g/mol. The highest BCUT2D eigenvalue weighted by Crippen LogP contribution is 2.33. The van der Waals surface area contributed by atoms with Crippen molar-refractivity contribution in [1.82, 2.24) is 10.6 Å². The summed E-state index contributed by atoms with van der Waals surface area (Å²) in [5, 5.41) is 14.6. The van der Waals surface area contributed by atoms with Gasteiger partial charge in [-0.3, -0.25) is 9.59 Å². The maximum atomic E-state index is 12.7. The van der Waals surface area contributed by atoms with E-state index in [0.717, 1.165) is 12.8 Å². The van der Waals surface area contributed by atoms with Gasteiger partial charge in [0.25, 0.3) is 0 Å². The van der Waals surface area contributed by atoms with Crippen molar-refractivity contribution in [2.75, 3.05) is 6.54 Å². The summed E-state index contributed by atoms with van der Waals surface area (Å²) in [5.74, 6) is -1.45. The zero-order valence-electron chi connectivity index (χ0n) is 11.6. The predicted octanol–water partition coefficient (Wildman–Crippen LogP) is 0.719. The first-order valence-corrected chi connectivity index (χ1v) is 7.05. The first-order chi connectivity index (χ1) is 10.1. The number of hydrogen-bond acceptors (Lipinski definition) is 3. The van der Waals surface area contributed by atoms with Gasteiger partial charge in [0.2, 0.25) is 0 Å². The van der Waals surface area contributed by atoms with E-state index in [1.54, 1.807) is 12.1 Å². The molecule has 1 aliphatic carbocycles. The second kappa shape index (κ2) is 7.17. The van der Waals surface area contributed by atoms with Gasteiger partial charge in [-0.15, -0.1) is 0 Å². The molecule has 0 heterocycles. The van der Waals surface area contributed by atoms with Crippen molar-refractivity contribution < 1.29 is 19.1 Å². The van der Waals surface area contributed by atoms with Crippen LogP contribution in [-0.2, 0) is 16.1 Å². The number of hydrogen-bond donors (Lipinski definition) is 3. The lowest BCUT2D eigenvalue weighted by atomic mass is 10.1. The number of carbonyl (C=O) groups excluding carboxylic acids is 2. The van der Waals surface area contributed by atoms with Crippen LogP contribution in [0.25, 0.3) is 0 Å². The number of halogens is 1. The molecule has 0 bridgehead atoms. The van der Waals surface area contributed by atoms with Crippen molar-refractivity contribution in [3.05, 3.63) is 35.6 Å². The highest BCUT2D eigenvalue weighted by Gasteiger charge is 2.29. The minimum absolute atomic E-state index is 0.164. The van der Waals surface area contributed by atoms with Crippen LogP contribution in [0.4, 0.5) is 4.39 Å². The normalized spacial score (nSPS) is 15.3. The highest BCUT2D eigenvalue weighted by molar-refractivity contribution is 6.35. The van der Waals surface area contributed by atoms with Gasteiger partial charge in [0.05, 0.1) is 6.10 Å². The minimum atomic E-state index is -0.736. The molecule has 1 aliphatic rings. The molecular weight excluding hydrogens is 275 g/mol. The number of amides is 2. The van der Waals surface area contributed by atoms with Crippen molar-refractivity contribution in [1.29, 1.82) is 0 Å². The standard InChI is InChI=1S/C15H19FN2O3/c16-12-5-1-10(2-6-12)9-18-15(21)14(20)17-8-7-13(19)11-3-4-11/h1-2,5-6,11,13,19H,3-4,7-9H2,(H,17,20)(H,18,21). The molecule has 1 unspecified atom stereocenters. The molecule has 2 amide bonds. The van der Waals surface area contributed by atoms with E-state index in [4.69, 9.17) is 0 Å². The average Bonchev–Trinajstić information content (AvgIpc) is 3.30. The Balaban J connectivity index is 1.64. The number of carbonyl (C=O) groups is 2. The Kier molecular flexibility index (Phi) is 5.27. The Hall–Kier alpha value is -1.95. The Morgan fingerprint density at radius 3 is 2.43 bits per heavy atom. The van der Waals surface area contributed by atoms with Gasteiger partial charge < -0.3 is 15.7 Å². The van der Waals surface area contributed by atoms with Gasteiger partial charge in [0.1, 0.15) is 5.82 Å². The summed E-state index contributed by atoms with van der Waals surface area (Å²) >= 11 is 0. The summed E-state index contributed by atoms with van der Waals surface area (Å²) in [6, 6.07) is 5.67. The van der Waals surface area contributed by atoms with Gasteiger partial charge in [0, 0.05) is 13.1 Å². The van der Waals surface area contributed by atoms with Crippen LogP contribution in [-0.4, -0.2) is 29.6 Å². The molecule has 0 radical (unpaired) electrons. The molecular formula is C15H19FN2O3. The first kappa shape index (κ1) is 15.4. The molecule has 114 valence electrons. The molecule has 6 heteroatoms. The van der Waals surface area contributed by atoms with Crippen LogP contribution in [0.3, 0.4) is 0 Å². The third-order valence-electron chi connectivity index (χ3n) is 3.46. The molecule has 1 fully saturated rings. The summed E-state index contributed by atoms with van der Waals surface area (Å²) in [5.41, 5.74) is 0.710. The smallest absolute Gasteiger partial charge is 0.309 e. The van der Waals surface area contributed by atoms with E-state index in [9.17, 15) is 19.1 Å². The lowest BCUT2D eigenvalue weighted by Crippen LogP contribution is -2.40. The van der Waals surface area contributed by atoms with Crippen molar-refractivity contribution in [3.8, 4) is 0 Å². The summed E-state index contributed by atoms with van der Waals surface area (Å²) < 4.78 is 12.7. The van der Waals surface area contributed by atoms with E-state index in [1.807, 2.05) is 0 Å². The maximum absolute atomic E-state index is 12.7. The van der Waals surface area contributed by atoms with Crippen LogP contribution in [0.5, 0.6) is 0 Å². The molecule has 21 heavy (non-hydrogen) atoms. The molecule has 1 atom stereocenters. The van der Waals surface area contributed by atoms with E-state index in [1.165, 1.54) is 12.1 Å². The molecule has 0 spiro atoms. The summed E-state index contributed by atoms with van der Waals surface area (Å²) in [7, 11) is 0. The van der Waals surface area contributed by atoms with E-state index in [-0.39, 0.29) is 18.9 Å². The highest BCUT2D eigenvalue weighted by atomic mass is 19.1. The van der Waals surface area contributed by atoms with Crippen LogP contribution in [0, 0.1) is 11.7 Å². The number of aliphatic hydroxyl groups excluding tert-OH is 1. The molecule has 1 aromatic carbocycles. The van der Waals surface area contributed by atoms with Crippen LogP contribution in [0.15, 0.2) is 24.3 Å². The number of nitrogens with one attached hydrogen (secondary N) is 2. The Labute approximate surface area is 122 Å². The zero-order valence-corrected chi connectivity index (χ0v) is 11.6. The van der Waals surface area contributed by atoms with Gasteiger partial charge in [-0.05, 0) is 42.9 Å². The second-order valence-corrected chi connectivity index (χ2v) is 5.26. The van der Waals surface area contributed by atoms with E-state index >= 15 is 0 Å². The van der Waals surface area contributed by atoms with Crippen LogP contribution in [0.1, 0.15) is 24.8 Å². The van der Waals surface area contributed by atoms with Crippen LogP contribution < -0.4 is 10.6 Å². The molecule has 0 saturated heterocycles. The Morgan fingerprint density at radius 1 is 1.19 bits per heavy atom. The van der Waals surface area contributed by atoms with Gasteiger partial charge in [-0.25, -0.2) is 4.39 Å². The maximum Gasteiger partial charge on any atom is 0.309 e. The molecule has 2 rings (SSSR count). The van der Waals surface area contributed by atoms with Gasteiger partial charge in [0.15, 0.2) is 0 Å². The quantitative estimate of drug-likeness (QED) is 0.676. The minimum Gasteiger partial charge on any atom is -0.393 e. The summed E-state index contributed by atoms with van der Waals surface area (Å²) in [6.07, 6.45) is 2.13. The second-order valence-electron chi connectivity index (χ2n) is 5.26. The monoisotopic (exact) mass is 294 g/mol. The molecule has 5 nitrogen and oxygen atoms in total. The molecule has 1 saturated carbocycles. The van der Waals surface area contributed by atoms with Gasteiger partial charge in [-0.2, -0.15) is 0 Å².